The van der Waals surface area contributed by atoms with E-state index in [0.717, 1.165) is 6.07 Å². The Labute approximate surface area is 216 Å². The fraction of sp³-hybridized carbons (Fsp3) is 0.667. The first-order chi connectivity index (χ1) is 16.9. The van der Waals surface area contributed by atoms with Crippen molar-refractivity contribution in [1.29, 1.82) is 0 Å². The molecule has 2 amide bonds. The van der Waals surface area contributed by atoms with Gasteiger partial charge >= 0.3 is 6.18 Å². The molecule has 202 valence electrons. The molecule has 1 saturated heterocycles. The summed E-state index contributed by atoms with van der Waals surface area (Å²) in [7, 11) is 0.679. The summed E-state index contributed by atoms with van der Waals surface area (Å²) in [4.78, 5) is 25.1. The van der Waals surface area contributed by atoms with Crippen LogP contribution in [0.3, 0.4) is 0 Å². The first-order valence-corrected chi connectivity index (χ1v) is 13.7. The van der Waals surface area contributed by atoms with E-state index in [1.54, 1.807) is 0 Å². The van der Waals surface area contributed by atoms with Crippen molar-refractivity contribution in [3.63, 3.8) is 0 Å². The molecule has 1 aliphatic heterocycles. The van der Waals surface area contributed by atoms with Gasteiger partial charge < -0.3 is 20.7 Å². The normalized spacial score (nSPS) is 27.8. The van der Waals surface area contributed by atoms with Gasteiger partial charge in [-0.2, -0.15) is 13.2 Å². The van der Waals surface area contributed by atoms with Crippen LogP contribution in [0.5, 0.6) is 5.75 Å². The lowest BCUT2D eigenvalue weighted by Gasteiger charge is -2.40. The van der Waals surface area contributed by atoms with Crippen LogP contribution in [0.25, 0.3) is 0 Å². The summed E-state index contributed by atoms with van der Waals surface area (Å²) in [5.74, 6) is -2.28. The summed E-state index contributed by atoms with van der Waals surface area (Å²) in [6.45, 7) is 2.51. The number of piperidine rings is 1. The zero-order chi connectivity index (χ0) is 26.5. The summed E-state index contributed by atoms with van der Waals surface area (Å²) in [5, 5.41) is 8.88. The van der Waals surface area contributed by atoms with Crippen molar-refractivity contribution < 1.29 is 31.9 Å². The molecule has 0 spiro atoms. The Balaban J connectivity index is 1.37. The van der Waals surface area contributed by atoms with Gasteiger partial charge in [-0.1, -0.05) is 18.5 Å². The molecule has 2 aliphatic rings. The van der Waals surface area contributed by atoms with E-state index in [4.69, 9.17) is 16.3 Å². The van der Waals surface area contributed by atoms with Crippen molar-refractivity contribution in [2.45, 2.75) is 62.8 Å². The van der Waals surface area contributed by atoms with E-state index in [1.807, 2.05) is 6.92 Å². The highest BCUT2D eigenvalue weighted by Gasteiger charge is 2.41. The molecule has 1 unspecified atom stereocenters. The summed E-state index contributed by atoms with van der Waals surface area (Å²) < 4.78 is 57.4. The van der Waals surface area contributed by atoms with Gasteiger partial charge in [-0.25, -0.2) is 4.39 Å². The lowest BCUT2D eigenvalue weighted by Crippen LogP contribution is -2.62. The third kappa shape index (κ3) is 8.07. The standard InChI is InChI=1S/C24H34ClF4N3O3Si/c1-14(22(34)30-11-15-2-4-16(5-3-15)24(27,28)29)20-8-9-23(36,13-31-20)32-21(33)12-35-17-6-7-18(25)19(26)10-17/h6-7,10,14-16,20,31H,2-5,8-9,11-13H2,1,36H3,(H,30,34)(H,32,33)/t14-,15-,16+,20?,23+/m1/s1. The first-order valence-electron chi connectivity index (χ1n) is 12.3. The molecule has 1 heterocycles. The minimum atomic E-state index is -4.13. The Morgan fingerprint density at radius 1 is 1.25 bits per heavy atom. The van der Waals surface area contributed by atoms with E-state index in [-0.39, 0.29) is 59.9 Å². The van der Waals surface area contributed by atoms with E-state index >= 15 is 0 Å². The molecule has 12 heteroatoms. The van der Waals surface area contributed by atoms with Crippen molar-refractivity contribution in [3.8, 4) is 5.75 Å². The van der Waals surface area contributed by atoms with Crippen LogP contribution >= 0.6 is 11.6 Å². The molecule has 3 rings (SSSR count). The van der Waals surface area contributed by atoms with Crippen LogP contribution in [0.1, 0.15) is 45.4 Å². The molecule has 3 atom stereocenters. The zero-order valence-corrected chi connectivity index (χ0v) is 23.3. The number of amides is 2. The molecule has 3 N–H and O–H groups in total. The van der Waals surface area contributed by atoms with Crippen molar-refractivity contribution in [3.05, 3.63) is 29.0 Å². The number of benzene rings is 1. The Bertz CT molecular complexity index is 920. The molecule has 1 saturated carbocycles. The molecule has 6 nitrogen and oxygen atoms in total. The maximum absolute atomic E-state index is 13.5. The van der Waals surface area contributed by atoms with Crippen molar-refractivity contribution in [2.75, 3.05) is 19.7 Å². The molecule has 2 fully saturated rings. The van der Waals surface area contributed by atoms with Crippen LogP contribution in [0.4, 0.5) is 17.6 Å². The highest BCUT2D eigenvalue weighted by atomic mass is 35.5. The largest absolute Gasteiger partial charge is 0.484 e. The lowest BCUT2D eigenvalue weighted by molar-refractivity contribution is -0.183. The van der Waals surface area contributed by atoms with Crippen molar-refractivity contribution in [1.82, 2.24) is 16.0 Å². The summed E-state index contributed by atoms with van der Waals surface area (Å²) in [5.41, 5.74) is 0. The summed E-state index contributed by atoms with van der Waals surface area (Å²) in [6, 6.07) is 3.91. The smallest absolute Gasteiger partial charge is 0.391 e. The third-order valence-electron chi connectivity index (χ3n) is 7.36. The summed E-state index contributed by atoms with van der Waals surface area (Å²) in [6.07, 6.45) is -1.54. The third-order valence-corrected chi connectivity index (χ3v) is 8.77. The number of hydrogen-bond donors (Lipinski definition) is 3. The van der Waals surface area contributed by atoms with E-state index < -0.39 is 23.1 Å². The Kier molecular flexibility index (Phi) is 9.67. The van der Waals surface area contributed by atoms with Crippen LogP contribution in [-0.4, -0.2) is 59.1 Å². The molecular formula is C24H34ClF4N3O3Si. The quantitative estimate of drug-likeness (QED) is 0.343. The number of alkyl halides is 3. The van der Waals surface area contributed by atoms with Gasteiger partial charge in [0.25, 0.3) is 5.91 Å². The van der Waals surface area contributed by atoms with Gasteiger partial charge in [0.05, 0.1) is 16.9 Å². The molecule has 1 aliphatic carbocycles. The average molecular weight is 552 g/mol. The molecule has 0 bridgehead atoms. The second-order valence-electron chi connectivity index (χ2n) is 10.3. The first kappa shape index (κ1) is 28.7. The van der Waals surface area contributed by atoms with Gasteiger partial charge in [0.15, 0.2) is 6.61 Å². The highest BCUT2D eigenvalue weighted by Crippen LogP contribution is 2.39. The van der Waals surface area contributed by atoms with Crippen LogP contribution in [0.2, 0.25) is 5.02 Å². The Morgan fingerprint density at radius 2 is 1.94 bits per heavy atom. The number of ether oxygens (including phenoxy) is 1. The van der Waals surface area contributed by atoms with Gasteiger partial charge in [-0.3, -0.25) is 9.59 Å². The highest BCUT2D eigenvalue weighted by molar-refractivity contribution is 6.30. The SMILES string of the molecule is C[C@@H](C(=O)NC[C@H]1CC[C@@H](C(F)(F)F)CC1)C1CC[C@@]([SiH3])(NC(=O)COc2ccc(Cl)c(F)c2)CN1. The monoisotopic (exact) mass is 551 g/mol. The van der Waals surface area contributed by atoms with Gasteiger partial charge in [0, 0.05) is 40.6 Å². The number of halogens is 5. The van der Waals surface area contributed by atoms with Crippen LogP contribution < -0.4 is 20.7 Å². The number of carbonyl (C=O) groups is 2. The molecule has 0 radical (unpaired) electrons. The van der Waals surface area contributed by atoms with Gasteiger partial charge in [0.2, 0.25) is 5.91 Å². The van der Waals surface area contributed by atoms with Crippen molar-refractivity contribution in [2.24, 2.45) is 17.8 Å². The number of hydrogen-bond acceptors (Lipinski definition) is 4. The minimum absolute atomic E-state index is 0.0240. The lowest BCUT2D eigenvalue weighted by atomic mass is 9.81. The molecule has 1 aromatic carbocycles. The average Bonchev–Trinajstić information content (AvgIpc) is 2.83. The van der Waals surface area contributed by atoms with Crippen LogP contribution in [-0.2, 0) is 9.59 Å². The predicted octanol–water partition coefficient (Wildman–Crippen LogP) is 2.91. The second kappa shape index (κ2) is 12.1. The predicted molar refractivity (Wildman–Crippen MR) is 132 cm³/mol. The zero-order valence-electron chi connectivity index (χ0n) is 20.5. The Morgan fingerprint density at radius 3 is 2.53 bits per heavy atom. The van der Waals surface area contributed by atoms with E-state index in [2.05, 4.69) is 16.0 Å². The second-order valence-corrected chi connectivity index (χ2v) is 12.6. The maximum atomic E-state index is 13.5. The van der Waals surface area contributed by atoms with E-state index in [0.29, 0.717) is 49.0 Å². The van der Waals surface area contributed by atoms with E-state index in [9.17, 15) is 27.2 Å². The minimum Gasteiger partial charge on any atom is -0.484 e. The van der Waals surface area contributed by atoms with Gasteiger partial charge in [-0.05, 0) is 56.6 Å². The number of nitrogens with one attached hydrogen (secondary N) is 3. The fourth-order valence-corrected chi connectivity index (χ4v) is 5.81. The fourth-order valence-electron chi connectivity index (χ4n) is 4.93. The molecular weight excluding hydrogens is 518 g/mol. The molecule has 36 heavy (non-hydrogen) atoms. The molecule has 1 aromatic rings. The number of carbonyl (C=O) groups excluding carboxylic acids is 2. The van der Waals surface area contributed by atoms with Gasteiger partial charge in [-0.15, -0.1) is 0 Å². The maximum Gasteiger partial charge on any atom is 0.391 e. The summed E-state index contributed by atoms with van der Waals surface area (Å²) >= 11 is 5.64. The van der Waals surface area contributed by atoms with E-state index in [1.165, 1.54) is 12.1 Å². The Hall–Kier alpha value is -1.85. The van der Waals surface area contributed by atoms with Crippen molar-refractivity contribution >= 4 is 33.7 Å². The number of rotatable bonds is 8. The topological polar surface area (TPSA) is 79.5 Å². The van der Waals surface area contributed by atoms with Crippen LogP contribution in [0.15, 0.2) is 18.2 Å². The molecule has 0 aromatic heterocycles. The van der Waals surface area contributed by atoms with Gasteiger partial charge in [0.1, 0.15) is 11.6 Å². The van der Waals surface area contributed by atoms with Crippen LogP contribution in [0, 0.1) is 23.6 Å².